The highest BCUT2D eigenvalue weighted by molar-refractivity contribution is 5.70. The zero-order valence-corrected chi connectivity index (χ0v) is 11.2. The molecule has 98 valence electrons. The third kappa shape index (κ3) is 2.00. The van der Waals surface area contributed by atoms with E-state index in [1.807, 2.05) is 12.1 Å². The highest BCUT2D eigenvalue weighted by atomic mass is 16.3. The Hall–Kier alpha value is -1.87. The Morgan fingerprint density at radius 3 is 2.84 bits per heavy atom. The number of pyridine rings is 1. The van der Waals surface area contributed by atoms with Crippen LogP contribution in [-0.4, -0.2) is 16.1 Å². The summed E-state index contributed by atoms with van der Waals surface area (Å²) in [6.07, 6.45) is 2.30. The second-order valence-corrected chi connectivity index (χ2v) is 5.14. The van der Waals surface area contributed by atoms with Crippen LogP contribution >= 0.6 is 0 Å². The molecule has 1 aromatic heterocycles. The summed E-state index contributed by atoms with van der Waals surface area (Å²) in [7, 11) is 0. The normalized spacial score (nSPS) is 19.3. The van der Waals surface area contributed by atoms with Crippen LogP contribution in [0.25, 0.3) is 0 Å². The van der Waals surface area contributed by atoms with Gasteiger partial charge in [-0.15, -0.1) is 0 Å². The molecule has 3 nitrogen and oxygen atoms in total. The standard InChI is InChI=1S/C16H18N2O/c1-11-10-13-6-3-4-8-15(13)18(11)16-14(12(2)19)7-5-9-17-16/h3-9,11-12,19H,10H2,1-2H3/t11?,12-/m0/s1. The van der Waals surface area contributed by atoms with E-state index in [9.17, 15) is 5.11 Å². The maximum atomic E-state index is 9.93. The monoisotopic (exact) mass is 254 g/mol. The van der Waals surface area contributed by atoms with E-state index >= 15 is 0 Å². The van der Waals surface area contributed by atoms with Gasteiger partial charge in [-0.25, -0.2) is 4.98 Å². The van der Waals surface area contributed by atoms with E-state index in [4.69, 9.17) is 0 Å². The fourth-order valence-corrected chi connectivity index (χ4v) is 2.83. The van der Waals surface area contributed by atoms with Crippen molar-refractivity contribution in [1.82, 2.24) is 4.98 Å². The number of benzene rings is 1. The van der Waals surface area contributed by atoms with Crippen LogP contribution in [0, 0.1) is 0 Å². The van der Waals surface area contributed by atoms with Crippen LogP contribution < -0.4 is 4.90 Å². The molecule has 1 aromatic carbocycles. The lowest BCUT2D eigenvalue weighted by atomic mass is 10.1. The van der Waals surface area contributed by atoms with Crippen LogP contribution in [0.2, 0.25) is 0 Å². The lowest BCUT2D eigenvalue weighted by Gasteiger charge is -2.26. The minimum atomic E-state index is -0.510. The molecule has 2 atom stereocenters. The zero-order valence-electron chi connectivity index (χ0n) is 11.2. The SMILES string of the molecule is CC1Cc2ccccc2N1c1ncccc1[C@H](C)O. The number of rotatable bonds is 2. The smallest absolute Gasteiger partial charge is 0.139 e. The third-order valence-corrected chi connectivity index (χ3v) is 3.70. The summed E-state index contributed by atoms with van der Waals surface area (Å²) in [6, 6.07) is 12.6. The van der Waals surface area contributed by atoms with Crippen LogP contribution in [0.1, 0.15) is 31.1 Å². The molecule has 1 aliphatic heterocycles. The summed E-state index contributed by atoms with van der Waals surface area (Å²) in [5.74, 6) is 0.870. The van der Waals surface area contributed by atoms with Crippen LogP contribution in [0.4, 0.5) is 11.5 Å². The van der Waals surface area contributed by atoms with Gasteiger partial charge in [0.1, 0.15) is 5.82 Å². The van der Waals surface area contributed by atoms with Gasteiger partial charge in [0.05, 0.1) is 6.10 Å². The number of para-hydroxylation sites is 1. The van der Waals surface area contributed by atoms with Crippen molar-refractivity contribution >= 4 is 11.5 Å². The van der Waals surface area contributed by atoms with E-state index in [0.29, 0.717) is 6.04 Å². The molecule has 3 rings (SSSR count). The van der Waals surface area contributed by atoms with Crippen LogP contribution in [0.3, 0.4) is 0 Å². The van der Waals surface area contributed by atoms with Crippen molar-refractivity contribution in [3.63, 3.8) is 0 Å². The first kappa shape index (κ1) is 12.2. The van der Waals surface area contributed by atoms with Crippen molar-refractivity contribution in [1.29, 1.82) is 0 Å². The molecule has 2 aromatic rings. The van der Waals surface area contributed by atoms with Crippen LogP contribution in [-0.2, 0) is 6.42 Å². The molecular weight excluding hydrogens is 236 g/mol. The average molecular weight is 254 g/mol. The highest BCUT2D eigenvalue weighted by Crippen LogP contribution is 2.39. The molecule has 0 amide bonds. The van der Waals surface area contributed by atoms with Crippen molar-refractivity contribution < 1.29 is 5.11 Å². The quantitative estimate of drug-likeness (QED) is 0.894. The van der Waals surface area contributed by atoms with Gasteiger partial charge in [-0.1, -0.05) is 24.3 Å². The molecule has 0 bridgehead atoms. The van der Waals surface area contributed by atoms with Crippen molar-refractivity contribution in [3.8, 4) is 0 Å². The minimum absolute atomic E-state index is 0.366. The van der Waals surface area contributed by atoms with E-state index in [1.54, 1.807) is 13.1 Å². The Bertz CT molecular complexity index is 595. The third-order valence-electron chi connectivity index (χ3n) is 3.70. The highest BCUT2D eigenvalue weighted by Gasteiger charge is 2.29. The fourth-order valence-electron chi connectivity index (χ4n) is 2.83. The number of aliphatic hydroxyl groups is 1. The summed E-state index contributed by atoms with van der Waals surface area (Å²) >= 11 is 0. The van der Waals surface area contributed by atoms with Crippen molar-refractivity contribution in [2.24, 2.45) is 0 Å². The van der Waals surface area contributed by atoms with Gasteiger partial charge in [0.2, 0.25) is 0 Å². The van der Waals surface area contributed by atoms with Gasteiger partial charge in [-0.05, 0) is 38.0 Å². The van der Waals surface area contributed by atoms with Crippen molar-refractivity contribution in [2.45, 2.75) is 32.4 Å². The molecule has 0 radical (unpaired) electrons. The van der Waals surface area contributed by atoms with Crippen LogP contribution in [0.5, 0.6) is 0 Å². The Morgan fingerprint density at radius 1 is 1.26 bits per heavy atom. The van der Waals surface area contributed by atoms with Crippen LogP contribution in [0.15, 0.2) is 42.6 Å². The summed E-state index contributed by atoms with van der Waals surface area (Å²) in [5, 5.41) is 9.93. The minimum Gasteiger partial charge on any atom is -0.389 e. The van der Waals surface area contributed by atoms with Gasteiger partial charge >= 0.3 is 0 Å². The maximum Gasteiger partial charge on any atom is 0.139 e. The van der Waals surface area contributed by atoms with E-state index in [-0.39, 0.29) is 0 Å². The molecule has 0 saturated carbocycles. The number of nitrogens with zero attached hydrogens (tertiary/aromatic N) is 2. The van der Waals surface area contributed by atoms with E-state index < -0.39 is 6.10 Å². The number of aromatic nitrogens is 1. The first-order chi connectivity index (χ1) is 9.18. The summed E-state index contributed by atoms with van der Waals surface area (Å²) in [5.41, 5.74) is 3.43. The lowest BCUT2D eigenvalue weighted by molar-refractivity contribution is 0.199. The predicted octanol–water partition coefficient (Wildman–Crippen LogP) is 3.22. The zero-order chi connectivity index (χ0) is 13.4. The first-order valence-corrected chi connectivity index (χ1v) is 6.68. The molecule has 1 N–H and O–H groups in total. The molecule has 19 heavy (non-hydrogen) atoms. The van der Waals surface area contributed by atoms with Gasteiger partial charge in [0.25, 0.3) is 0 Å². The Labute approximate surface area is 113 Å². The molecule has 1 aliphatic rings. The Balaban J connectivity index is 2.13. The maximum absolute atomic E-state index is 9.93. The predicted molar refractivity (Wildman–Crippen MR) is 76.6 cm³/mol. The average Bonchev–Trinajstić information content (AvgIpc) is 2.74. The summed E-state index contributed by atoms with van der Waals surface area (Å²) in [6.45, 7) is 3.98. The molecular formula is C16H18N2O. The van der Waals surface area contributed by atoms with E-state index in [0.717, 1.165) is 17.8 Å². The number of hydrogen-bond donors (Lipinski definition) is 1. The second kappa shape index (κ2) is 4.67. The van der Waals surface area contributed by atoms with Gasteiger partial charge in [0, 0.05) is 23.5 Å². The number of aliphatic hydroxyl groups excluding tert-OH is 1. The van der Waals surface area contributed by atoms with Crippen molar-refractivity contribution in [3.05, 3.63) is 53.7 Å². The number of hydrogen-bond acceptors (Lipinski definition) is 3. The molecule has 1 unspecified atom stereocenters. The fraction of sp³-hybridized carbons (Fsp3) is 0.312. The second-order valence-electron chi connectivity index (χ2n) is 5.14. The Kier molecular flexibility index (Phi) is 2.99. The first-order valence-electron chi connectivity index (χ1n) is 6.68. The molecule has 0 spiro atoms. The van der Waals surface area contributed by atoms with E-state index in [1.165, 1.54) is 11.3 Å². The number of anilines is 2. The lowest BCUT2D eigenvalue weighted by Crippen LogP contribution is -2.26. The molecule has 3 heteroatoms. The summed E-state index contributed by atoms with van der Waals surface area (Å²) < 4.78 is 0. The van der Waals surface area contributed by atoms with Crippen molar-refractivity contribution in [2.75, 3.05) is 4.90 Å². The largest absolute Gasteiger partial charge is 0.389 e. The molecule has 0 saturated heterocycles. The van der Waals surface area contributed by atoms with Gasteiger partial charge < -0.3 is 10.0 Å². The number of fused-ring (bicyclic) bond motifs is 1. The molecule has 0 fully saturated rings. The van der Waals surface area contributed by atoms with E-state index in [2.05, 4.69) is 41.1 Å². The molecule has 0 aliphatic carbocycles. The summed E-state index contributed by atoms with van der Waals surface area (Å²) in [4.78, 5) is 6.73. The topological polar surface area (TPSA) is 36.4 Å². The Morgan fingerprint density at radius 2 is 2.05 bits per heavy atom. The van der Waals surface area contributed by atoms with Gasteiger partial charge in [-0.2, -0.15) is 0 Å². The van der Waals surface area contributed by atoms with Gasteiger partial charge in [0.15, 0.2) is 0 Å². The molecule has 2 heterocycles. The van der Waals surface area contributed by atoms with Gasteiger partial charge in [-0.3, -0.25) is 0 Å².